The molecular formula is C26H28ClF2N3O3. The molecule has 4 N–H and O–H groups in total. The molecule has 0 unspecified atom stereocenters. The number of aliphatic hydroxyl groups excluding tert-OH is 1. The Bertz CT molecular complexity index is 1160. The fourth-order valence-corrected chi connectivity index (χ4v) is 3.58. The summed E-state index contributed by atoms with van der Waals surface area (Å²) < 4.78 is 28.8. The number of amides is 3. The number of primary amides is 1. The highest BCUT2D eigenvalue weighted by atomic mass is 35.5. The second kappa shape index (κ2) is 13.4. The summed E-state index contributed by atoms with van der Waals surface area (Å²) >= 11 is 5.60. The Morgan fingerprint density at radius 2 is 1.69 bits per heavy atom. The van der Waals surface area contributed by atoms with Crippen LogP contribution in [-0.4, -0.2) is 23.6 Å². The highest BCUT2D eigenvalue weighted by Crippen LogP contribution is 2.33. The first-order chi connectivity index (χ1) is 16.8. The molecule has 1 heterocycles. The van der Waals surface area contributed by atoms with Crippen LogP contribution < -0.4 is 16.0 Å². The molecule has 0 aromatic heterocycles. The maximum Gasteiger partial charge on any atom is 0.316 e. The zero-order valence-electron chi connectivity index (χ0n) is 19.5. The van der Waals surface area contributed by atoms with Gasteiger partial charge >= 0.3 is 6.03 Å². The van der Waals surface area contributed by atoms with Crippen molar-refractivity contribution in [1.82, 2.24) is 0 Å². The molecule has 3 amide bonds. The van der Waals surface area contributed by atoms with E-state index in [1.165, 1.54) is 17.0 Å². The minimum Gasteiger partial charge on any atom is -0.392 e. The van der Waals surface area contributed by atoms with Crippen LogP contribution in [0, 0.1) is 11.6 Å². The first kappa shape index (κ1) is 27.8. The first-order valence-corrected chi connectivity index (χ1v) is 11.5. The molecule has 186 valence electrons. The number of urea groups is 1. The number of hydrogen-bond acceptors (Lipinski definition) is 3. The minimum absolute atomic E-state index is 0.0229. The van der Waals surface area contributed by atoms with Gasteiger partial charge in [-0.15, -0.1) is 0 Å². The number of carbonyl (C=O) groups excluding carboxylic acids is 2. The number of anilines is 2. The van der Waals surface area contributed by atoms with Crippen LogP contribution in [0.4, 0.5) is 25.0 Å². The lowest BCUT2D eigenvalue weighted by molar-refractivity contribution is -0.117. The maximum atomic E-state index is 14.5. The van der Waals surface area contributed by atoms with Crippen LogP contribution in [0.1, 0.15) is 32.3 Å². The highest BCUT2D eigenvalue weighted by molar-refractivity contribution is 6.30. The molecule has 4 rings (SSSR count). The molecule has 1 saturated heterocycles. The fraction of sp³-hybridized carbons (Fsp3) is 0.231. The molecule has 0 atom stereocenters. The van der Waals surface area contributed by atoms with Crippen LogP contribution >= 0.6 is 11.6 Å². The summed E-state index contributed by atoms with van der Waals surface area (Å²) in [6, 6.07) is 15.7. The predicted octanol–water partition coefficient (Wildman–Crippen LogP) is 6.11. The third-order valence-electron chi connectivity index (χ3n) is 5.02. The van der Waals surface area contributed by atoms with E-state index < -0.39 is 17.7 Å². The van der Waals surface area contributed by atoms with E-state index >= 15 is 0 Å². The molecule has 1 fully saturated rings. The van der Waals surface area contributed by atoms with E-state index in [0.29, 0.717) is 41.2 Å². The van der Waals surface area contributed by atoms with Crippen molar-refractivity contribution in [1.29, 1.82) is 0 Å². The van der Waals surface area contributed by atoms with Crippen molar-refractivity contribution in [3.63, 3.8) is 0 Å². The van der Waals surface area contributed by atoms with Crippen LogP contribution in [0.25, 0.3) is 11.1 Å². The Morgan fingerprint density at radius 3 is 2.26 bits per heavy atom. The van der Waals surface area contributed by atoms with E-state index in [1.807, 2.05) is 13.8 Å². The van der Waals surface area contributed by atoms with Crippen LogP contribution in [0.2, 0.25) is 5.02 Å². The molecule has 0 saturated carbocycles. The molecule has 0 bridgehead atoms. The SMILES string of the molecule is CC.NC(=O)Nc1ccc(Cl)cc1.O=C1CCCN1c1ccc(-c2ccccc2CO)c(F)c1F. The topological polar surface area (TPSA) is 95.7 Å². The number of aliphatic hydroxyl groups is 1. The van der Waals surface area contributed by atoms with Gasteiger partial charge in [0.05, 0.1) is 12.3 Å². The van der Waals surface area contributed by atoms with Gasteiger partial charge in [-0.25, -0.2) is 13.6 Å². The Morgan fingerprint density at radius 1 is 1.03 bits per heavy atom. The van der Waals surface area contributed by atoms with Crippen molar-refractivity contribution in [2.24, 2.45) is 5.73 Å². The van der Waals surface area contributed by atoms with E-state index in [1.54, 1.807) is 48.5 Å². The van der Waals surface area contributed by atoms with Crippen LogP contribution in [0.5, 0.6) is 0 Å². The summed E-state index contributed by atoms with van der Waals surface area (Å²) in [7, 11) is 0. The third-order valence-corrected chi connectivity index (χ3v) is 5.27. The summed E-state index contributed by atoms with van der Waals surface area (Å²) in [5.74, 6) is -2.22. The molecule has 1 aliphatic rings. The highest BCUT2D eigenvalue weighted by Gasteiger charge is 2.27. The Kier molecular flexibility index (Phi) is 10.6. The molecule has 0 radical (unpaired) electrons. The molecular weight excluding hydrogens is 476 g/mol. The van der Waals surface area contributed by atoms with Crippen LogP contribution in [0.15, 0.2) is 60.7 Å². The van der Waals surface area contributed by atoms with Gasteiger partial charge in [0.15, 0.2) is 11.6 Å². The average molecular weight is 504 g/mol. The van der Waals surface area contributed by atoms with Crippen molar-refractivity contribution < 1.29 is 23.5 Å². The molecule has 35 heavy (non-hydrogen) atoms. The van der Waals surface area contributed by atoms with E-state index in [4.69, 9.17) is 17.3 Å². The quantitative estimate of drug-likeness (QED) is 0.401. The molecule has 9 heteroatoms. The summed E-state index contributed by atoms with van der Waals surface area (Å²) in [5, 5.41) is 12.4. The lowest BCUT2D eigenvalue weighted by Gasteiger charge is -2.18. The lowest BCUT2D eigenvalue weighted by Crippen LogP contribution is -2.25. The van der Waals surface area contributed by atoms with Gasteiger partial charge in [-0.1, -0.05) is 49.7 Å². The van der Waals surface area contributed by atoms with Gasteiger partial charge in [0.1, 0.15) is 0 Å². The Hall–Kier alpha value is -3.49. The fourth-order valence-electron chi connectivity index (χ4n) is 3.46. The van der Waals surface area contributed by atoms with Gasteiger partial charge in [-0.2, -0.15) is 0 Å². The van der Waals surface area contributed by atoms with Gasteiger partial charge in [0, 0.05) is 29.2 Å². The standard InChI is InChI=1S/C17H15F2NO2.C7H7ClN2O.C2H6/c18-16-13(12-5-2-1-4-11(12)10-21)7-8-14(17(16)19)20-9-3-6-15(20)22;8-5-1-3-6(4-2-5)10-7(9)11;1-2/h1-2,4-5,7-8,21H,3,6,9-10H2;1-4H,(H3,9,10,11);1-2H3. The van der Waals surface area contributed by atoms with E-state index in [0.717, 1.165) is 0 Å². The summed E-state index contributed by atoms with van der Waals surface area (Å²) in [6.07, 6.45) is 1.01. The zero-order valence-corrected chi connectivity index (χ0v) is 20.3. The van der Waals surface area contributed by atoms with Crippen molar-refractivity contribution in [3.8, 4) is 11.1 Å². The number of carbonyl (C=O) groups is 2. The first-order valence-electron chi connectivity index (χ1n) is 11.1. The van der Waals surface area contributed by atoms with Crippen LogP contribution in [-0.2, 0) is 11.4 Å². The van der Waals surface area contributed by atoms with Crippen molar-refractivity contribution >= 4 is 34.9 Å². The summed E-state index contributed by atoms with van der Waals surface area (Å²) in [6.45, 7) is 4.14. The lowest BCUT2D eigenvalue weighted by atomic mass is 9.99. The Balaban J connectivity index is 0.000000280. The van der Waals surface area contributed by atoms with Gasteiger partial charge in [0.2, 0.25) is 5.91 Å². The molecule has 6 nitrogen and oxygen atoms in total. The second-order valence-electron chi connectivity index (χ2n) is 7.22. The van der Waals surface area contributed by atoms with Gasteiger partial charge < -0.3 is 21.1 Å². The normalized spacial score (nSPS) is 12.3. The third kappa shape index (κ3) is 7.24. The van der Waals surface area contributed by atoms with Gasteiger partial charge in [-0.05, 0) is 53.9 Å². The summed E-state index contributed by atoms with van der Waals surface area (Å²) in [4.78, 5) is 23.3. The number of halogens is 3. The molecule has 3 aromatic carbocycles. The Labute approximate surface area is 208 Å². The molecule has 0 aliphatic carbocycles. The van der Waals surface area contributed by atoms with E-state index in [2.05, 4.69) is 5.32 Å². The number of nitrogens with zero attached hydrogens (tertiary/aromatic N) is 1. The largest absolute Gasteiger partial charge is 0.392 e. The van der Waals surface area contributed by atoms with Crippen LogP contribution in [0.3, 0.4) is 0 Å². The number of nitrogens with two attached hydrogens (primary N) is 1. The molecule has 0 spiro atoms. The smallest absolute Gasteiger partial charge is 0.316 e. The van der Waals surface area contributed by atoms with Gasteiger partial charge in [0.25, 0.3) is 0 Å². The number of nitrogens with one attached hydrogen (secondary N) is 1. The second-order valence-corrected chi connectivity index (χ2v) is 7.66. The van der Waals surface area contributed by atoms with E-state index in [-0.39, 0.29) is 23.8 Å². The number of hydrogen-bond donors (Lipinski definition) is 3. The average Bonchev–Trinajstić information content (AvgIpc) is 3.29. The number of rotatable bonds is 4. The summed E-state index contributed by atoms with van der Waals surface area (Å²) in [5.41, 5.74) is 6.54. The molecule has 3 aromatic rings. The van der Waals surface area contributed by atoms with Crippen molar-refractivity contribution in [2.75, 3.05) is 16.8 Å². The van der Waals surface area contributed by atoms with Crippen molar-refractivity contribution in [2.45, 2.75) is 33.3 Å². The van der Waals surface area contributed by atoms with Gasteiger partial charge in [-0.3, -0.25) is 4.79 Å². The zero-order chi connectivity index (χ0) is 26.0. The van der Waals surface area contributed by atoms with E-state index in [9.17, 15) is 23.5 Å². The van der Waals surface area contributed by atoms with Crippen molar-refractivity contribution in [3.05, 3.63) is 82.9 Å². The number of benzene rings is 3. The molecule has 1 aliphatic heterocycles. The predicted molar refractivity (Wildman–Crippen MR) is 135 cm³/mol. The monoisotopic (exact) mass is 503 g/mol. The maximum absolute atomic E-state index is 14.5. The minimum atomic E-state index is -1.03.